The maximum absolute atomic E-state index is 6.23. The van der Waals surface area contributed by atoms with Crippen LogP contribution in [0.3, 0.4) is 0 Å². The van der Waals surface area contributed by atoms with Crippen LogP contribution in [0.25, 0.3) is 0 Å². The first kappa shape index (κ1) is 13.9. The van der Waals surface area contributed by atoms with Crippen molar-refractivity contribution >= 4 is 11.6 Å². The number of halogens is 1. The van der Waals surface area contributed by atoms with E-state index >= 15 is 0 Å². The predicted octanol–water partition coefficient (Wildman–Crippen LogP) is 4.47. The molecule has 1 N–H and O–H groups in total. The molecule has 19 heavy (non-hydrogen) atoms. The van der Waals surface area contributed by atoms with Crippen LogP contribution in [0.5, 0.6) is 11.5 Å². The minimum absolute atomic E-state index is 0.720. The van der Waals surface area contributed by atoms with Gasteiger partial charge >= 0.3 is 0 Å². The molecule has 0 fully saturated rings. The molecule has 0 bridgehead atoms. The molecule has 0 aliphatic rings. The summed E-state index contributed by atoms with van der Waals surface area (Å²) in [6.07, 6.45) is 0. The van der Waals surface area contributed by atoms with E-state index in [1.54, 1.807) is 0 Å². The first-order chi connectivity index (χ1) is 9.10. The molecule has 0 heterocycles. The molecule has 2 nitrogen and oxygen atoms in total. The number of aryl methyl sites for hydroxylation is 2. The fourth-order valence-corrected chi connectivity index (χ4v) is 2.11. The smallest absolute Gasteiger partial charge is 0.130 e. The third-order valence-electron chi connectivity index (χ3n) is 2.96. The molecule has 0 atom stereocenters. The van der Waals surface area contributed by atoms with Gasteiger partial charge in [0, 0.05) is 11.6 Å². The Labute approximate surface area is 119 Å². The molecular weight excluding hydrogens is 258 g/mol. The highest BCUT2D eigenvalue weighted by Gasteiger charge is 2.05. The van der Waals surface area contributed by atoms with Crippen molar-refractivity contribution in [3.05, 3.63) is 58.1 Å². The lowest BCUT2D eigenvalue weighted by Gasteiger charge is -2.11. The Morgan fingerprint density at radius 2 is 1.89 bits per heavy atom. The average Bonchev–Trinajstić information content (AvgIpc) is 2.37. The highest BCUT2D eigenvalue weighted by molar-refractivity contribution is 6.31. The van der Waals surface area contributed by atoms with Crippen molar-refractivity contribution in [2.75, 3.05) is 7.05 Å². The van der Waals surface area contributed by atoms with Gasteiger partial charge < -0.3 is 10.1 Å². The highest BCUT2D eigenvalue weighted by Crippen LogP contribution is 2.29. The van der Waals surface area contributed by atoms with Gasteiger partial charge in [-0.25, -0.2) is 0 Å². The van der Waals surface area contributed by atoms with Gasteiger partial charge in [-0.1, -0.05) is 29.8 Å². The molecule has 0 unspecified atom stereocenters. The van der Waals surface area contributed by atoms with Crippen molar-refractivity contribution in [3.8, 4) is 11.5 Å². The monoisotopic (exact) mass is 275 g/mol. The summed E-state index contributed by atoms with van der Waals surface area (Å²) in [7, 11) is 1.90. The molecule has 100 valence electrons. The van der Waals surface area contributed by atoms with E-state index < -0.39 is 0 Å². The zero-order valence-corrected chi connectivity index (χ0v) is 12.2. The Kier molecular flexibility index (Phi) is 4.46. The standard InChI is InChI=1S/C16H18ClNO/c1-11-4-5-12(2)16(8-11)19-14-7-6-13(10-18-3)15(17)9-14/h4-9,18H,10H2,1-3H3. The van der Waals surface area contributed by atoms with Gasteiger partial charge in [-0.2, -0.15) is 0 Å². The van der Waals surface area contributed by atoms with E-state index in [1.165, 1.54) is 5.56 Å². The fraction of sp³-hybridized carbons (Fsp3) is 0.250. The average molecular weight is 276 g/mol. The second kappa shape index (κ2) is 6.09. The maximum Gasteiger partial charge on any atom is 0.130 e. The van der Waals surface area contributed by atoms with Crippen molar-refractivity contribution in [1.82, 2.24) is 5.32 Å². The molecule has 2 aromatic carbocycles. The van der Waals surface area contributed by atoms with Crippen LogP contribution >= 0.6 is 11.6 Å². The summed E-state index contributed by atoms with van der Waals surface area (Å²) >= 11 is 6.23. The normalized spacial score (nSPS) is 10.5. The SMILES string of the molecule is CNCc1ccc(Oc2cc(C)ccc2C)cc1Cl. The van der Waals surface area contributed by atoms with Crippen molar-refractivity contribution in [2.24, 2.45) is 0 Å². The predicted molar refractivity (Wildman–Crippen MR) is 80.2 cm³/mol. The van der Waals surface area contributed by atoms with Crippen molar-refractivity contribution in [2.45, 2.75) is 20.4 Å². The Morgan fingerprint density at radius 1 is 1.11 bits per heavy atom. The van der Waals surface area contributed by atoms with E-state index in [1.807, 2.05) is 38.2 Å². The van der Waals surface area contributed by atoms with E-state index in [2.05, 4.69) is 24.4 Å². The van der Waals surface area contributed by atoms with E-state index in [4.69, 9.17) is 16.3 Å². The number of ether oxygens (including phenoxy) is 1. The molecule has 2 aromatic rings. The lowest BCUT2D eigenvalue weighted by Crippen LogP contribution is -2.05. The van der Waals surface area contributed by atoms with Gasteiger partial charge in [-0.05, 0) is 55.8 Å². The molecule has 0 saturated carbocycles. The van der Waals surface area contributed by atoms with Crippen LogP contribution in [-0.2, 0) is 6.54 Å². The third kappa shape index (κ3) is 3.49. The first-order valence-electron chi connectivity index (χ1n) is 6.28. The molecule has 0 amide bonds. The summed E-state index contributed by atoms with van der Waals surface area (Å²) in [5, 5.41) is 3.80. The number of hydrogen-bond donors (Lipinski definition) is 1. The molecule has 0 aliphatic heterocycles. The fourth-order valence-electron chi connectivity index (χ4n) is 1.87. The van der Waals surface area contributed by atoms with Gasteiger partial charge in [-0.15, -0.1) is 0 Å². The second-order valence-electron chi connectivity index (χ2n) is 4.65. The highest BCUT2D eigenvalue weighted by atomic mass is 35.5. The van der Waals surface area contributed by atoms with Crippen LogP contribution in [0.1, 0.15) is 16.7 Å². The largest absolute Gasteiger partial charge is 0.457 e. The molecule has 0 aliphatic carbocycles. The Bertz CT molecular complexity index is 581. The van der Waals surface area contributed by atoms with E-state index in [0.29, 0.717) is 0 Å². The minimum atomic E-state index is 0.720. The summed E-state index contributed by atoms with van der Waals surface area (Å²) in [5.41, 5.74) is 3.36. The van der Waals surface area contributed by atoms with Gasteiger partial charge in [0.2, 0.25) is 0 Å². The van der Waals surface area contributed by atoms with Crippen LogP contribution < -0.4 is 10.1 Å². The molecule has 0 spiro atoms. The molecular formula is C16H18ClNO. The Balaban J connectivity index is 2.24. The zero-order valence-electron chi connectivity index (χ0n) is 11.5. The first-order valence-corrected chi connectivity index (χ1v) is 6.66. The molecule has 0 aromatic heterocycles. The van der Waals surface area contributed by atoms with Crippen LogP contribution in [0.15, 0.2) is 36.4 Å². The summed E-state index contributed by atoms with van der Waals surface area (Å²) in [4.78, 5) is 0. The van der Waals surface area contributed by atoms with Crippen molar-refractivity contribution in [1.29, 1.82) is 0 Å². The van der Waals surface area contributed by atoms with Gasteiger partial charge in [0.05, 0.1) is 0 Å². The van der Waals surface area contributed by atoms with Gasteiger partial charge in [0.25, 0.3) is 0 Å². The summed E-state index contributed by atoms with van der Waals surface area (Å²) in [6, 6.07) is 12.0. The minimum Gasteiger partial charge on any atom is -0.457 e. The second-order valence-corrected chi connectivity index (χ2v) is 5.06. The maximum atomic E-state index is 6.23. The van der Waals surface area contributed by atoms with E-state index in [-0.39, 0.29) is 0 Å². The van der Waals surface area contributed by atoms with Crippen molar-refractivity contribution in [3.63, 3.8) is 0 Å². The lowest BCUT2D eigenvalue weighted by atomic mass is 10.1. The number of benzene rings is 2. The van der Waals surface area contributed by atoms with Crippen molar-refractivity contribution < 1.29 is 4.74 Å². The molecule has 3 heteroatoms. The summed E-state index contributed by atoms with van der Waals surface area (Å²) in [6.45, 7) is 4.84. The van der Waals surface area contributed by atoms with Crippen LogP contribution in [0, 0.1) is 13.8 Å². The van der Waals surface area contributed by atoms with Crippen LogP contribution in [0.4, 0.5) is 0 Å². The summed E-state index contributed by atoms with van der Waals surface area (Å²) in [5.74, 6) is 1.64. The van der Waals surface area contributed by atoms with Gasteiger partial charge in [0.15, 0.2) is 0 Å². The molecule has 0 radical (unpaired) electrons. The molecule has 2 rings (SSSR count). The summed E-state index contributed by atoms with van der Waals surface area (Å²) < 4.78 is 5.90. The topological polar surface area (TPSA) is 21.3 Å². The number of hydrogen-bond acceptors (Lipinski definition) is 2. The van der Waals surface area contributed by atoms with Gasteiger partial charge in [-0.3, -0.25) is 0 Å². The Hall–Kier alpha value is -1.51. The Morgan fingerprint density at radius 3 is 2.58 bits per heavy atom. The number of nitrogens with one attached hydrogen (secondary N) is 1. The van der Waals surface area contributed by atoms with Crippen LogP contribution in [0.2, 0.25) is 5.02 Å². The lowest BCUT2D eigenvalue weighted by molar-refractivity contribution is 0.478. The van der Waals surface area contributed by atoms with Gasteiger partial charge in [0.1, 0.15) is 11.5 Å². The van der Waals surface area contributed by atoms with E-state index in [0.717, 1.165) is 34.2 Å². The zero-order chi connectivity index (χ0) is 13.8. The number of rotatable bonds is 4. The molecule has 0 saturated heterocycles. The quantitative estimate of drug-likeness (QED) is 0.889. The van der Waals surface area contributed by atoms with E-state index in [9.17, 15) is 0 Å². The van der Waals surface area contributed by atoms with Crippen LogP contribution in [-0.4, -0.2) is 7.05 Å². The third-order valence-corrected chi connectivity index (χ3v) is 3.32.